The van der Waals surface area contributed by atoms with Crippen LogP contribution in [0.3, 0.4) is 0 Å². The Kier molecular flexibility index (Phi) is 3.02. The zero-order valence-electron chi connectivity index (χ0n) is 10.1. The summed E-state index contributed by atoms with van der Waals surface area (Å²) in [6, 6.07) is 2.15. The molecular formula is C12H13FN2O3. The number of hydrogen-bond donors (Lipinski definition) is 1. The topological polar surface area (TPSA) is 72.2 Å². The predicted molar refractivity (Wildman–Crippen MR) is 62.8 cm³/mol. The highest BCUT2D eigenvalue weighted by Crippen LogP contribution is 2.30. The maximum absolute atomic E-state index is 13.8. The standard InChI is InChI=1S/C12H13FN2O3/c1-6-4-10(6)14-12(16)9-5-8(15(17)18)3-7(2)11(9)13/h3,5-6,10H,4H2,1-2H3,(H,14,16). The summed E-state index contributed by atoms with van der Waals surface area (Å²) < 4.78 is 13.8. The molecule has 5 nitrogen and oxygen atoms in total. The van der Waals surface area contributed by atoms with Gasteiger partial charge in [-0.15, -0.1) is 0 Å². The van der Waals surface area contributed by atoms with E-state index in [1.165, 1.54) is 6.92 Å². The fourth-order valence-corrected chi connectivity index (χ4v) is 1.79. The molecule has 6 heteroatoms. The van der Waals surface area contributed by atoms with E-state index < -0.39 is 16.6 Å². The van der Waals surface area contributed by atoms with E-state index in [4.69, 9.17) is 0 Å². The van der Waals surface area contributed by atoms with Crippen molar-refractivity contribution in [3.8, 4) is 0 Å². The van der Waals surface area contributed by atoms with Gasteiger partial charge in [-0.05, 0) is 24.8 Å². The molecule has 1 aromatic rings. The second-order valence-electron chi connectivity index (χ2n) is 4.67. The third-order valence-electron chi connectivity index (χ3n) is 3.12. The van der Waals surface area contributed by atoms with Crippen molar-refractivity contribution in [3.05, 3.63) is 39.2 Å². The van der Waals surface area contributed by atoms with Crippen LogP contribution in [-0.4, -0.2) is 16.9 Å². The van der Waals surface area contributed by atoms with Gasteiger partial charge in [-0.2, -0.15) is 0 Å². The number of nitro groups is 1. The molecule has 0 bridgehead atoms. The van der Waals surface area contributed by atoms with E-state index in [1.54, 1.807) is 0 Å². The number of hydrogen-bond acceptors (Lipinski definition) is 3. The van der Waals surface area contributed by atoms with Crippen molar-refractivity contribution in [2.45, 2.75) is 26.3 Å². The van der Waals surface area contributed by atoms with E-state index in [0.29, 0.717) is 5.92 Å². The lowest BCUT2D eigenvalue weighted by Crippen LogP contribution is -2.27. The Morgan fingerprint density at radius 3 is 2.67 bits per heavy atom. The van der Waals surface area contributed by atoms with Gasteiger partial charge < -0.3 is 5.32 Å². The number of benzene rings is 1. The summed E-state index contributed by atoms with van der Waals surface area (Å²) in [7, 11) is 0. The summed E-state index contributed by atoms with van der Waals surface area (Å²) in [5, 5.41) is 13.3. The molecule has 1 aromatic carbocycles. The summed E-state index contributed by atoms with van der Waals surface area (Å²) in [5.74, 6) is -0.906. The molecule has 1 aliphatic carbocycles. The van der Waals surface area contributed by atoms with Gasteiger partial charge in [0, 0.05) is 18.2 Å². The Bertz CT molecular complexity index is 530. The minimum Gasteiger partial charge on any atom is -0.349 e. The first-order valence-electron chi connectivity index (χ1n) is 5.65. The molecule has 0 saturated heterocycles. The molecule has 1 saturated carbocycles. The molecule has 0 spiro atoms. The Morgan fingerprint density at radius 1 is 1.56 bits per heavy atom. The zero-order valence-corrected chi connectivity index (χ0v) is 10.1. The molecule has 2 unspecified atom stereocenters. The minimum absolute atomic E-state index is 0.0523. The van der Waals surface area contributed by atoms with Gasteiger partial charge in [0.15, 0.2) is 0 Å². The number of nitro benzene ring substituents is 1. The van der Waals surface area contributed by atoms with Gasteiger partial charge in [-0.25, -0.2) is 4.39 Å². The average Bonchev–Trinajstić information content (AvgIpc) is 2.97. The maximum atomic E-state index is 13.8. The molecule has 1 amide bonds. The van der Waals surface area contributed by atoms with E-state index in [2.05, 4.69) is 5.32 Å². The number of aryl methyl sites for hydroxylation is 1. The molecule has 0 heterocycles. The van der Waals surface area contributed by atoms with Crippen molar-refractivity contribution < 1.29 is 14.1 Å². The number of amides is 1. The van der Waals surface area contributed by atoms with Gasteiger partial charge in [0.1, 0.15) is 5.82 Å². The molecule has 1 aliphatic rings. The largest absolute Gasteiger partial charge is 0.349 e. The van der Waals surface area contributed by atoms with E-state index in [9.17, 15) is 19.3 Å². The average molecular weight is 252 g/mol. The molecule has 0 radical (unpaired) electrons. The van der Waals surface area contributed by atoms with Crippen LogP contribution in [0.4, 0.5) is 10.1 Å². The van der Waals surface area contributed by atoms with E-state index in [-0.39, 0.29) is 22.9 Å². The van der Waals surface area contributed by atoms with Crippen LogP contribution in [0.5, 0.6) is 0 Å². The van der Waals surface area contributed by atoms with Crippen LogP contribution < -0.4 is 5.32 Å². The number of nitrogens with zero attached hydrogens (tertiary/aromatic N) is 1. The van der Waals surface area contributed by atoms with E-state index in [0.717, 1.165) is 18.6 Å². The third kappa shape index (κ3) is 2.32. The molecular weight excluding hydrogens is 239 g/mol. The summed E-state index contributed by atoms with van der Waals surface area (Å²) in [6.45, 7) is 3.37. The van der Waals surface area contributed by atoms with E-state index in [1.807, 2.05) is 6.92 Å². The van der Waals surface area contributed by atoms with Gasteiger partial charge >= 0.3 is 0 Å². The molecule has 96 valence electrons. The van der Waals surface area contributed by atoms with Gasteiger partial charge in [-0.3, -0.25) is 14.9 Å². The van der Waals surface area contributed by atoms with Crippen LogP contribution in [0.15, 0.2) is 12.1 Å². The second-order valence-corrected chi connectivity index (χ2v) is 4.67. The van der Waals surface area contributed by atoms with Crippen molar-refractivity contribution in [1.29, 1.82) is 0 Å². The van der Waals surface area contributed by atoms with Crippen LogP contribution in [0.1, 0.15) is 29.3 Å². The number of non-ortho nitro benzene ring substituents is 1. The highest BCUT2D eigenvalue weighted by molar-refractivity contribution is 5.95. The van der Waals surface area contributed by atoms with Crippen LogP contribution in [0.25, 0.3) is 0 Å². The number of rotatable bonds is 3. The quantitative estimate of drug-likeness (QED) is 0.662. The predicted octanol–water partition coefficient (Wildman–Crippen LogP) is 2.18. The smallest absolute Gasteiger partial charge is 0.270 e. The first-order valence-corrected chi connectivity index (χ1v) is 5.65. The Hall–Kier alpha value is -1.98. The maximum Gasteiger partial charge on any atom is 0.270 e. The lowest BCUT2D eigenvalue weighted by atomic mass is 10.1. The van der Waals surface area contributed by atoms with E-state index >= 15 is 0 Å². The fraction of sp³-hybridized carbons (Fsp3) is 0.417. The number of nitrogens with one attached hydrogen (secondary N) is 1. The normalized spacial score (nSPS) is 21.5. The van der Waals surface area contributed by atoms with Crippen LogP contribution >= 0.6 is 0 Å². The number of carbonyl (C=O) groups is 1. The molecule has 0 aromatic heterocycles. The number of halogens is 1. The molecule has 18 heavy (non-hydrogen) atoms. The van der Waals surface area contributed by atoms with Crippen molar-refractivity contribution in [2.24, 2.45) is 5.92 Å². The highest BCUT2D eigenvalue weighted by atomic mass is 19.1. The third-order valence-corrected chi connectivity index (χ3v) is 3.12. The van der Waals surface area contributed by atoms with Gasteiger partial charge in [0.25, 0.3) is 11.6 Å². The summed E-state index contributed by atoms with van der Waals surface area (Å²) >= 11 is 0. The van der Waals surface area contributed by atoms with Crippen molar-refractivity contribution >= 4 is 11.6 Å². The molecule has 2 rings (SSSR count). The summed E-state index contributed by atoms with van der Waals surface area (Å²) in [6.07, 6.45) is 0.862. The molecule has 0 aliphatic heterocycles. The minimum atomic E-state index is -0.702. The molecule has 1 N–H and O–H groups in total. The lowest BCUT2D eigenvalue weighted by Gasteiger charge is -2.07. The lowest BCUT2D eigenvalue weighted by molar-refractivity contribution is -0.385. The Morgan fingerprint density at radius 2 is 2.17 bits per heavy atom. The van der Waals surface area contributed by atoms with Crippen LogP contribution in [0.2, 0.25) is 0 Å². The fourth-order valence-electron chi connectivity index (χ4n) is 1.79. The van der Waals surface area contributed by atoms with Crippen molar-refractivity contribution in [1.82, 2.24) is 5.32 Å². The van der Waals surface area contributed by atoms with Gasteiger partial charge in [0.2, 0.25) is 0 Å². The summed E-state index contributed by atoms with van der Waals surface area (Å²) in [5.41, 5.74) is -0.443. The van der Waals surface area contributed by atoms with Crippen LogP contribution in [-0.2, 0) is 0 Å². The van der Waals surface area contributed by atoms with Gasteiger partial charge in [-0.1, -0.05) is 6.92 Å². The Balaban J connectivity index is 2.30. The molecule has 2 atom stereocenters. The highest BCUT2D eigenvalue weighted by Gasteiger charge is 2.34. The first-order chi connectivity index (χ1) is 8.40. The number of carbonyl (C=O) groups excluding carboxylic acids is 1. The zero-order chi connectivity index (χ0) is 13.4. The molecule has 1 fully saturated rings. The first kappa shape index (κ1) is 12.5. The van der Waals surface area contributed by atoms with Crippen LogP contribution in [0, 0.1) is 28.8 Å². The Labute approximate surface area is 103 Å². The second kappa shape index (κ2) is 4.36. The van der Waals surface area contributed by atoms with Gasteiger partial charge in [0.05, 0.1) is 10.5 Å². The monoisotopic (exact) mass is 252 g/mol. The SMILES string of the molecule is Cc1cc([N+](=O)[O-])cc(C(=O)NC2CC2C)c1F. The van der Waals surface area contributed by atoms with Crippen molar-refractivity contribution in [3.63, 3.8) is 0 Å². The summed E-state index contributed by atoms with van der Waals surface area (Å²) in [4.78, 5) is 21.9. The van der Waals surface area contributed by atoms with Crippen molar-refractivity contribution in [2.75, 3.05) is 0 Å².